The zero-order chi connectivity index (χ0) is 13.1. The van der Waals surface area contributed by atoms with Crippen molar-refractivity contribution in [2.45, 2.75) is 50.2 Å². The van der Waals surface area contributed by atoms with Gasteiger partial charge >= 0.3 is 0 Å². The van der Waals surface area contributed by atoms with Gasteiger partial charge in [-0.3, -0.25) is 0 Å². The minimum Gasteiger partial charge on any atom is -0.364 e. The normalized spacial score (nSPS) is 27.1. The Bertz CT molecular complexity index is 427. The largest absolute Gasteiger partial charge is 0.364 e. The summed E-state index contributed by atoms with van der Waals surface area (Å²) in [7, 11) is 0. The Hall–Kier alpha value is -0.380. The van der Waals surface area contributed by atoms with E-state index in [1.54, 1.807) is 0 Å². The van der Waals surface area contributed by atoms with Crippen LogP contribution in [-0.4, -0.2) is 18.7 Å². The highest BCUT2D eigenvalue weighted by Gasteiger charge is 2.37. The quantitative estimate of drug-likeness (QED) is 0.836. The predicted octanol–water partition coefficient (Wildman–Crippen LogP) is 4.20. The number of morpholine rings is 1. The van der Waals surface area contributed by atoms with Crippen LogP contribution in [0.5, 0.6) is 0 Å². The second-order valence-electron chi connectivity index (χ2n) is 5.89. The van der Waals surface area contributed by atoms with E-state index in [4.69, 9.17) is 4.74 Å². The van der Waals surface area contributed by atoms with E-state index in [1.807, 2.05) is 0 Å². The zero-order valence-electron chi connectivity index (χ0n) is 11.3. The predicted molar refractivity (Wildman–Crippen MR) is 81.3 cm³/mol. The van der Waals surface area contributed by atoms with Crippen molar-refractivity contribution < 1.29 is 4.74 Å². The van der Waals surface area contributed by atoms with E-state index in [9.17, 15) is 0 Å². The molecule has 1 saturated carbocycles. The molecule has 1 unspecified atom stereocenters. The van der Waals surface area contributed by atoms with Gasteiger partial charge in [0.25, 0.3) is 0 Å². The fourth-order valence-electron chi connectivity index (χ4n) is 3.38. The summed E-state index contributed by atoms with van der Waals surface area (Å²) in [5.74, 6) is 0. The number of benzene rings is 1. The van der Waals surface area contributed by atoms with Crippen LogP contribution in [0.4, 0.5) is 0 Å². The van der Waals surface area contributed by atoms with E-state index in [2.05, 4.69) is 45.5 Å². The molecule has 1 aromatic rings. The van der Waals surface area contributed by atoms with Crippen molar-refractivity contribution in [1.82, 2.24) is 5.32 Å². The van der Waals surface area contributed by atoms with Crippen LogP contribution in [0.2, 0.25) is 0 Å². The van der Waals surface area contributed by atoms with E-state index in [0.29, 0.717) is 0 Å². The van der Waals surface area contributed by atoms with Crippen molar-refractivity contribution in [3.63, 3.8) is 0 Å². The summed E-state index contributed by atoms with van der Waals surface area (Å²) in [5.41, 5.74) is 1.37. The Morgan fingerprint density at radius 2 is 1.95 bits per heavy atom. The Morgan fingerprint density at radius 1 is 1.16 bits per heavy atom. The Kier molecular flexibility index (Phi) is 4.25. The fraction of sp³-hybridized carbons (Fsp3) is 0.625. The number of rotatable bonds is 1. The molecule has 1 N–H and O–H groups in total. The third kappa shape index (κ3) is 3.21. The number of ether oxygens (including phenoxy) is 1. The van der Waals surface area contributed by atoms with Crippen molar-refractivity contribution in [1.29, 1.82) is 0 Å². The van der Waals surface area contributed by atoms with Gasteiger partial charge in [0.1, 0.15) is 0 Å². The maximum Gasteiger partial charge on any atom is 0.0957 e. The van der Waals surface area contributed by atoms with Crippen molar-refractivity contribution in [2.75, 3.05) is 13.1 Å². The number of nitrogens with one attached hydrogen (secondary N) is 1. The summed E-state index contributed by atoms with van der Waals surface area (Å²) < 4.78 is 7.69. The lowest BCUT2D eigenvalue weighted by atomic mass is 9.91. The Balaban J connectivity index is 1.77. The van der Waals surface area contributed by atoms with Crippen LogP contribution in [0, 0.1) is 0 Å². The van der Waals surface area contributed by atoms with E-state index in [1.165, 1.54) is 44.1 Å². The minimum absolute atomic E-state index is 0.0851. The zero-order valence-corrected chi connectivity index (χ0v) is 12.9. The lowest BCUT2D eigenvalue weighted by Crippen LogP contribution is -2.50. The molecule has 1 aromatic carbocycles. The summed E-state index contributed by atoms with van der Waals surface area (Å²) in [6.07, 6.45) is 7.98. The topological polar surface area (TPSA) is 21.3 Å². The first kappa shape index (κ1) is 13.6. The fourth-order valence-corrected chi connectivity index (χ4v) is 3.79. The molecule has 104 valence electrons. The van der Waals surface area contributed by atoms with Gasteiger partial charge in [-0.05, 0) is 30.5 Å². The van der Waals surface area contributed by atoms with Crippen molar-refractivity contribution in [3.05, 3.63) is 34.3 Å². The molecule has 1 heterocycles. The molecule has 1 aliphatic carbocycles. The smallest absolute Gasteiger partial charge is 0.0957 e. The molecule has 1 atom stereocenters. The van der Waals surface area contributed by atoms with Crippen LogP contribution in [0.15, 0.2) is 28.7 Å². The highest BCUT2D eigenvalue weighted by atomic mass is 79.9. The third-order valence-electron chi connectivity index (χ3n) is 4.40. The first-order valence-corrected chi connectivity index (χ1v) is 8.21. The second kappa shape index (κ2) is 5.94. The molecule has 1 spiro atoms. The summed E-state index contributed by atoms with van der Waals surface area (Å²) in [6.45, 7) is 1.95. The maximum atomic E-state index is 6.55. The SMILES string of the molecule is Brc1cccc(C2CNCC3(CCCCCC3)O2)c1. The number of halogens is 1. The molecule has 1 aliphatic heterocycles. The summed E-state index contributed by atoms with van der Waals surface area (Å²) >= 11 is 3.55. The van der Waals surface area contributed by atoms with Gasteiger partial charge in [-0.25, -0.2) is 0 Å². The standard InChI is InChI=1S/C16H22BrNO/c17-14-7-5-6-13(10-14)15-11-18-12-16(19-15)8-3-1-2-4-9-16/h5-7,10,15,18H,1-4,8-9,11-12H2. The van der Waals surface area contributed by atoms with Gasteiger partial charge in [0.2, 0.25) is 0 Å². The molecule has 19 heavy (non-hydrogen) atoms. The van der Waals surface area contributed by atoms with Crippen LogP contribution in [0.1, 0.15) is 50.2 Å². The minimum atomic E-state index is 0.0851. The molecular formula is C16H22BrNO. The van der Waals surface area contributed by atoms with E-state index in [0.717, 1.165) is 17.6 Å². The maximum absolute atomic E-state index is 6.55. The van der Waals surface area contributed by atoms with Gasteiger partial charge in [-0.2, -0.15) is 0 Å². The van der Waals surface area contributed by atoms with Crippen molar-refractivity contribution in [2.24, 2.45) is 0 Å². The first-order chi connectivity index (χ1) is 9.27. The highest BCUT2D eigenvalue weighted by molar-refractivity contribution is 9.10. The molecule has 2 aliphatic rings. The molecule has 0 aromatic heterocycles. The monoisotopic (exact) mass is 323 g/mol. The van der Waals surface area contributed by atoms with Crippen LogP contribution >= 0.6 is 15.9 Å². The summed E-state index contributed by atoms with van der Waals surface area (Å²) in [6, 6.07) is 8.52. The molecular weight excluding hydrogens is 302 g/mol. The van der Waals surface area contributed by atoms with Crippen LogP contribution < -0.4 is 5.32 Å². The average molecular weight is 324 g/mol. The summed E-state index contributed by atoms with van der Waals surface area (Å²) in [4.78, 5) is 0. The molecule has 0 amide bonds. The lowest BCUT2D eigenvalue weighted by Gasteiger charge is -2.41. The molecule has 0 radical (unpaired) electrons. The molecule has 1 saturated heterocycles. The van der Waals surface area contributed by atoms with E-state index in [-0.39, 0.29) is 11.7 Å². The lowest BCUT2D eigenvalue weighted by molar-refractivity contribution is -0.126. The molecule has 3 heteroatoms. The molecule has 3 rings (SSSR count). The number of hydrogen-bond donors (Lipinski definition) is 1. The first-order valence-electron chi connectivity index (χ1n) is 7.41. The Labute approximate surface area is 124 Å². The van der Waals surface area contributed by atoms with E-state index < -0.39 is 0 Å². The van der Waals surface area contributed by atoms with Gasteiger partial charge in [0.15, 0.2) is 0 Å². The van der Waals surface area contributed by atoms with Gasteiger partial charge in [0, 0.05) is 17.6 Å². The van der Waals surface area contributed by atoms with E-state index >= 15 is 0 Å². The van der Waals surface area contributed by atoms with Crippen LogP contribution in [-0.2, 0) is 4.74 Å². The number of hydrogen-bond acceptors (Lipinski definition) is 2. The molecule has 2 nitrogen and oxygen atoms in total. The van der Waals surface area contributed by atoms with Crippen LogP contribution in [0.3, 0.4) is 0 Å². The second-order valence-corrected chi connectivity index (χ2v) is 6.81. The Morgan fingerprint density at radius 3 is 2.68 bits per heavy atom. The van der Waals surface area contributed by atoms with Gasteiger partial charge in [-0.1, -0.05) is 53.7 Å². The summed E-state index contributed by atoms with van der Waals surface area (Å²) in [5, 5.41) is 3.60. The molecule has 2 fully saturated rings. The average Bonchev–Trinajstić information content (AvgIpc) is 2.65. The van der Waals surface area contributed by atoms with Crippen LogP contribution in [0.25, 0.3) is 0 Å². The van der Waals surface area contributed by atoms with Crippen molar-refractivity contribution in [3.8, 4) is 0 Å². The van der Waals surface area contributed by atoms with Gasteiger partial charge < -0.3 is 10.1 Å². The van der Waals surface area contributed by atoms with Gasteiger partial charge in [-0.15, -0.1) is 0 Å². The molecule has 0 bridgehead atoms. The third-order valence-corrected chi connectivity index (χ3v) is 4.90. The highest BCUT2D eigenvalue weighted by Crippen LogP contribution is 2.37. The van der Waals surface area contributed by atoms with Gasteiger partial charge in [0.05, 0.1) is 11.7 Å². The van der Waals surface area contributed by atoms with Crippen molar-refractivity contribution >= 4 is 15.9 Å².